The number of aryl methyl sites for hydroxylation is 2. The Morgan fingerprint density at radius 2 is 1.87 bits per heavy atom. The molecule has 4 aromatic heterocycles. The van der Waals surface area contributed by atoms with Crippen molar-refractivity contribution in [2.75, 3.05) is 49.6 Å². The number of fused-ring (bicyclic) bond motifs is 2. The fraction of sp³-hybridized carbons (Fsp3) is 0.394. The summed E-state index contributed by atoms with van der Waals surface area (Å²) in [6.07, 6.45) is 0.463. The zero-order valence-corrected chi connectivity index (χ0v) is 28.4. The lowest BCUT2D eigenvalue weighted by atomic mass is 10.1. The molecule has 272 valence electrons. The molecule has 0 atom stereocenters. The van der Waals surface area contributed by atoms with Crippen LogP contribution in [-0.2, 0) is 35.7 Å². The molecule has 2 aliphatic rings. The van der Waals surface area contributed by atoms with E-state index in [1.807, 2.05) is 17.9 Å². The summed E-state index contributed by atoms with van der Waals surface area (Å²) < 4.78 is 50.8. The number of carbonyl (C=O) groups is 2. The number of benzene rings is 1. The zero-order valence-electron chi connectivity index (χ0n) is 28.4. The maximum absolute atomic E-state index is 14.2. The average Bonchev–Trinajstić information content (AvgIpc) is 3.75. The van der Waals surface area contributed by atoms with Gasteiger partial charge in [-0.1, -0.05) is 13.0 Å². The number of halogens is 3. The molecule has 2 amide bonds. The highest BCUT2D eigenvalue weighted by Crippen LogP contribution is 2.37. The zero-order chi connectivity index (χ0) is 36.9. The van der Waals surface area contributed by atoms with E-state index < -0.39 is 29.1 Å². The Morgan fingerprint density at radius 1 is 1.10 bits per heavy atom. The molecular formula is C33H34F3N11O5. The minimum Gasteiger partial charge on any atom is -0.504 e. The number of alkyl halides is 3. The Bertz CT molecular complexity index is 2320. The smallest absolute Gasteiger partial charge is 0.418 e. The highest BCUT2D eigenvalue weighted by Gasteiger charge is 2.35. The third kappa shape index (κ3) is 6.09. The van der Waals surface area contributed by atoms with E-state index >= 15 is 0 Å². The maximum Gasteiger partial charge on any atom is 0.418 e. The first-order chi connectivity index (χ1) is 24.9. The monoisotopic (exact) mass is 721 g/mol. The van der Waals surface area contributed by atoms with Crippen LogP contribution in [0.3, 0.4) is 0 Å². The maximum atomic E-state index is 14.2. The van der Waals surface area contributed by atoms with E-state index in [-0.39, 0.29) is 78.0 Å². The molecule has 2 aliphatic heterocycles. The second kappa shape index (κ2) is 13.4. The number of nitrogens with zero attached hydrogens (tertiary/aromatic N) is 10. The third-order valence-electron chi connectivity index (χ3n) is 9.25. The van der Waals surface area contributed by atoms with Crippen molar-refractivity contribution in [2.24, 2.45) is 7.05 Å². The molecule has 0 aliphatic carbocycles. The highest BCUT2D eigenvalue weighted by molar-refractivity contribution is 6.00. The number of imidazole rings is 1. The molecule has 52 heavy (non-hydrogen) atoms. The minimum atomic E-state index is -4.64. The van der Waals surface area contributed by atoms with Gasteiger partial charge in [0.25, 0.3) is 11.5 Å². The van der Waals surface area contributed by atoms with Crippen LogP contribution >= 0.6 is 0 Å². The number of rotatable bonds is 7. The molecule has 16 nitrogen and oxygen atoms in total. The van der Waals surface area contributed by atoms with Crippen LogP contribution in [0.2, 0.25) is 0 Å². The molecule has 6 heterocycles. The van der Waals surface area contributed by atoms with E-state index in [9.17, 15) is 32.7 Å². The largest absolute Gasteiger partial charge is 0.504 e. The van der Waals surface area contributed by atoms with Gasteiger partial charge in [0.05, 0.1) is 47.7 Å². The number of ether oxygens (including phenoxy) is 1. The van der Waals surface area contributed by atoms with Crippen molar-refractivity contribution in [1.29, 1.82) is 0 Å². The Labute approximate surface area is 293 Å². The fourth-order valence-electron chi connectivity index (χ4n) is 6.63. The van der Waals surface area contributed by atoms with E-state index in [0.29, 0.717) is 37.6 Å². The van der Waals surface area contributed by atoms with Crippen LogP contribution in [0, 0.1) is 6.92 Å². The Balaban J connectivity index is 1.25. The van der Waals surface area contributed by atoms with E-state index in [2.05, 4.69) is 25.4 Å². The van der Waals surface area contributed by atoms with Crippen LogP contribution in [0.4, 0.5) is 24.5 Å². The van der Waals surface area contributed by atoms with Crippen molar-refractivity contribution < 1.29 is 32.6 Å². The quantitative estimate of drug-likeness (QED) is 0.253. The van der Waals surface area contributed by atoms with Gasteiger partial charge in [0.1, 0.15) is 24.1 Å². The van der Waals surface area contributed by atoms with Gasteiger partial charge < -0.3 is 34.1 Å². The Morgan fingerprint density at radius 3 is 2.56 bits per heavy atom. The van der Waals surface area contributed by atoms with Crippen molar-refractivity contribution in [3.8, 4) is 5.75 Å². The van der Waals surface area contributed by atoms with Gasteiger partial charge in [-0.2, -0.15) is 22.7 Å². The van der Waals surface area contributed by atoms with Crippen LogP contribution < -0.4 is 15.8 Å². The lowest BCUT2D eigenvalue weighted by Gasteiger charge is -2.36. The van der Waals surface area contributed by atoms with Gasteiger partial charge in [-0.25, -0.2) is 15.0 Å². The molecule has 19 heteroatoms. The predicted molar refractivity (Wildman–Crippen MR) is 181 cm³/mol. The minimum absolute atomic E-state index is 0.0267. The van der Waals surface area contributed by atoms with Crippen LogP contribution in [-0.4, -0.2) is 99.9 Å². The molecule has 1 saturated heterocycles. The van der Waals surface area contributed by atoms with E-state index in [1.54, 1.807) is 11.5 Å². The van der Waals surface area contributed by atoms with Crippen molar-refractivity contribution in [1.82, 2.24) is 43.6 Å². The number of aromatic nitrogens is 8. The van der Waals surface area contributed by atoms with Gasteiger partial charge >= 0.3 is 6.18 Å². The van der Waals surface area contributed by atoms with Crippen molar-refractivity contribution >= 4 is 45.6 Å². The number of nitrogens with one attached hydrogen (secondary N) is 1. The Kier molecular flexibility index (Phi) is 8.89. The SMILES string of the molecule is CCc1c(N2CCN(C(=O)c3ncnc(C)c3O)CC2)c(=O)n2nc(C3=CCOCC3)nc2n1CC(=O)Nc1ccc(C(F)(F)F)c2c1ncn2C. The fourth-order valence-corrected chi connectivity index (χ4v) is 6.63. The van der Waals surface area contributed by atoms with Gasteiger partial charge in [-0.05, 0) is 37.5 Å². The topological polar surface area (TPSA) is 178 Å². The first-order valence-corrected chi connectivity index (χ1v) is 16.5. The summed E-state index contributed by atoms with van der Waals surface area (Å²) in [4.78, 5) is 61.3. The van der Waals surface area contributed by atoms with Gasteiger partial charge in [0, 0.05) is 33.2 Å². The first-order valence-electron chi connectivity index (χ1n) is 16.5. The summed E-state index contributed by atoms with van der Waals surface area (Å²) >= 11 is 0. The lowest BCUT2D eigenvalue weighted by molar-refractivity contribution is -0.136. The average molecular weight is 722 g/mol. The van der Waals surface area contributed by atoms with E-state index in [0.717, 1.165) is 16.2 Å². The van der Waals surface area contributed by atoms with Crippen molar-refractivity contribution in [3.63, 3.8) is 0 Å². The number of carbonyl (C=O) groups excluding carboxylic acids is 2. The van der Waals surface area contributed by atoms with Gasteiger partial charge in [-0.15, -0.1) is 5.10 Å². The molecule has 0 saturated carbocycles. The summed E-state index contributed by atoms with van der Waals surface area (Å²) in [6, 6.07) is 2.07. The van der Waals surface area contributed by atoms with E-state index in [1.165, 1.54) is 35.2 Å². The van der Waals surface area contributed by atoms with Crippen LogP contribution in [0.5, 0.6) is 5.75 Å². The molecule has 1 fully saturated rings. The highest BCUT2D eigenvalue weighted by atomic mass is 19.4. The molecule has 1 aromatic carbocycles. The summed E-state index contributed by atoms with van der Waals surface area (Å²) in [5, 5.41) is 17.7. The predicted octanol–water partition coefficient (Wildman–Crippen LogP) is 2.57. The van der Waals surface area contributed by atoms with Crippen LogP contribution in [0.15, 0.2) is 35.7 Å². The number of aromatic hydroxyl groups is 1. The second-order valence-corrected chi connectivity index (χ2v) is 12.4. The molecule has 5 aromatic rings. The molecule has 0 radical (unpaired) electrons. The van der Waals surface area contributed by atoms with E-state index in [4.69, 9.17) is 9.72 Å². The number of hydrogen-bond donors (Lipinski definition) is 2. The first kappa shape index (κ1) is 34.6. The lowest BCUT2D eigenvalue weighted by Crippen LogP contribution is -2.51. The van der Waals surface area contributed by atoms with Crippen LogP contribution in [0.1, 0.15) is 46.6 Å². The Hall–Kier alpha value is -5.85. The third-order valence-corrected chi connectivity index (χ3v) is 9.25. The summed E-state index contributed by atoms with van der Waals surface area (Å²) in [6.45, 7) is 4.72. The molecular weight excluding hydrogens is 687 g/mol. The molecule has 2 N–H and O–H groups in total. The number of amides is 2. The van der Waals surface area contributed by atoms with Crippen molar-refractivity contribution in [2.45, 2.75) is 39.4 Å². The normalized spacial score (nSPS) is 15.4. The molecule has 7 rings (SSSR count). The molecule has 0 unspecified atom stereocenters. The number of anilines is 2. The van der Waals surface area contributed by atoms with Crippen molar-refractivity contribution in [3.05, 3.63) is 69.7 Å². The molecule has 0 spiro atoms. The van der Waals surface area contributed by atoms with Gasteiger partial charge in [0.15, 0.2) is 17.3 Å². The number of piperazine rings is 1. The standard InChI is InChI=1S/C33H34F3N11O5/c1-4-22-27(44-9-11-45(12-10-44)30(50)25-28(49)18(2)37-16-38-25)31(51)47-32(41-29(42-47)19-7-13-52-14-8-19)46(22)15-23(48)40-21-6-5-20(33(34,35)36)26-24(21)39-17-43(26)3/h5-7,16-17,49H,4,8-15H2,1-3H3,(H,40,48). The van der Waals surface area contributed by atoms with Gasteiger partial charge in [0.2, 0.25) is 11.7 Å². The number of hydrogen-bond acceptors (Lipinski definition) is 11. The summed E-state index contributed by atoms with van der Waals surface area (Å²) in [5.41, 5.74) is 0.227. The summed E-state index contributed by atoms with van der Waals surface area (Å²) in [5.74, 6) is -0.942. The second-order valence-electron chi connectivity index (χ2n) is 12.4. The van der Waals surface area contributed by atoms with Crippen LogP contribution in [0.25, 0.3) is 22.4 Å². The summed E-state index contributed by atoms with van der Waals surface area (Å²) in [7, 11) is 1.44. The van der Waals surface area contributed by atoms with Gasteiger partial charge in [-0.3, -0.25) is 14.4 Å². The molecule has 0 bridgehead atoms.